The molecule has 106 valence electrons. The lowest BCUT2D eigenvalue weighted by molar-refractivity contribution is 0.0668. The Kier molecular flexibility index (Phi) is 4.83. The van der Waals surface area contributed by atoms with Crippen molar-refractivity contribution in [3.8, 4) is 5.75 Å². The largest absolute Gasteiger partial charge is 0.496 e. The van der Waals surface area contributed by atoms with Crippen LogP contribution in [0, 0.1) is 0 Å². The Morgan fingerprint density at radius 2 is 2.21 bits per heavy atom. The van der Waals surface area contributed by atoms with Crippen molar-refractivity contribution in [1.82, 2.24) is 4.90 Å². The molecule has 1 aromatic carbocycles. The second-order valence-electron chi connectivity index (χ2n) is 5.76. The molecule has 1 aliphatic heterocycles. The van der Waals surface area contributed by atoms with Crippen molar-refractivity contribution in [1.29, 1.82) is 0 Å². The van der Waals surface area contributed by atoms with Crippen LogP contribution in [-0.4, -0.2) is 36.3 Å². The molecular weight excluding hydrogens is 238 g/mol. The molecule has 0 amide bonds. The summed E-state index contributed by atoms with van der Waals surface area (Å²) in [5, 5.41) is 9.72. The standard InChI is InChI=1S/C16H25NO2/c1-12(2)15-9-13(6-7-16(15)19-3)10-17-8-4-5-14(18)11-17/h6-7,9,12,14,18H,4-5,8,10-11H2,1-3H3. The van der Waals surface area contributed by atoms with Crippen LogP contribution in [-0.2, 0) is 6.54 Å². The average Bonchev–Trinajstić information content (AvgIpc) is 2.38. The molecular formula is C16H25NO2. The van der Waals surface area contributed by atoms with Gasteiger partial charge in [0.1, 0.15) is 5.75 Å². The molecule has 0 aliphatic carbocycles. The minimum atomic E-state index is -0.156. The summed E-state index contributed by atoms with van der Waals surface area (Å²) in [5.41, 5.74) is 2.57. The highest BCUT2D eigenvalue weighted by Crippen LogP contribution is 2.28. The molecule has 1 N–H and O–H groups in total. The summed E-state index contributed by atoms with van der Waals surface area (Å²) in [7, 11) is 1.72. The molecule has 0 radical (unpaired) electrons. The summed E-state index contributed by atoms with van der Waals surface area (Å²) >= 11 is 0. The van der Waals surface area contributed by atoms with Crippen LogP contribution in [0.3, 0.4) is 0 Å². The first-order valence-electron chi connectivity index (χ1n) is 7.17. The molecule has 0 aromatic heterocycles. The smallest absolute Gasteiger partial charge is 0.122 e. The van der Waals surface area contributed by atoms with Gasteiger partial charge >= 0.3 is 0 Å². The number of rotatable bonds is 4. The first kappa shape index (κ1) is 14.4. The Labute approximate surface area is 116 Å². The zero-order chi connectivity index (χ0) is 13.8. The van der Waals surface area contributed by atoms with Gasteiger partial charge in [-0.25, -0.2) is 0 Å². The molecule has 1 atom stereocenters. The average molecular weight is 263 g/mol. The highest BCUT2D eigenvalue weighted by molar-refractivity contribution is 5.39. The molecule has 1 unspecified atom stereocenters. The first-order valence-corrected chi connectivity index (χ1v) is 7.17. The van der Waals surface area contributed by atoms with E-state index in [0.717, 1.165) is 38.2 Å². The number of ether oxygens (including phenoxy) is 1. The van der Waals surface area contributed by atoms with E-state index in [1.54, 1.807) is 7.11 Å². The van der Waals surface area contributed by atoms with Gasteiger partial charge in [-0.2, -0.15) is 0 Å². The summed E-state index contributed by atoms with van der Waals surface area (Å²) in [6.45, 7) is 7.17. The second-order valence-corrected chi connectivity index (χ2v) is 5.76. The van der Waals surface area contributed by atoms with Crippen molar-refractivity contribution < 1.29 is 9.84 Å². The number of piperidine rings is 1. The number of hydrogen-bond acceptors (Lipinski definition) is 3. The summed E-state index contributed by atoms with van der Waals surface area (Å²) in [6.07, 6.45) is 1.88. The van der Waals surface area contributed by atoms with Crippen LogP contribution in [0.4, 0.5) is 0 Å². The molecule has 0 spiro atoms. The summed E-state index contributed by atoms with van der Waals surface area (Å²) in [6, 6.07) is 6.43. The number of nitrogens with zero attached hydrogens (tertiary/aromatic N) is 1. The van der Waals surface area contributed by atoms with Gasteiger partial charge < -0.3 is 9.84 Å². The van der Waals surface area contributed by atoms with Gasteiger partial charge in [0.05, 0.1) is 13.2 Å². The van der Waals surface area contributed by atoms with Crippen LogP contribution < -0.4 is 4.74 Å². The molecule has 0 bridgehead atoms. The molecule has 2 rings (SSSR count). The zero-order valence-corrected chi connectivity index (χ0v) is 12.2. The van der Waals surface area contributed by atoms with Crippen molar-refractivity contribution in [3.63, 3.8) is 0 Å². The fraction of sp³-hybridized carbons (Fsp3) is 0.625. The lowest BCUT2D eigenvalue weighted by atomic mass is 9.99. The predicted octanol–water partition coefficient (Wildman–Crippen LogP) is 2.78. The minimum absolute atomic E-state index is 0.156. The van der Waals surface area contributed by atoms with Crippen LogP contribution in [0.2, 0.25) is 0 Å². The maximum atomic E-state index is 9.72. The Morgan fingerprint density at radius 3 is 2.84 bits per heavy atom. The van der Waals surface area contributed by atoms with Crippen LogP contribution in [0.15, 0.2) is 18.2 Å². The Hall–Kier alpha value is -1.06. The van der Waals surface area contributed by atoms with E-state index in [2.05, 4.69) is 36.9 Å². The van der Waals surface area contributed by atoms with Gasteiger partial charge in [-0.3, -0.25) is 4.90 Å². The third kappa shape index (κ3) is 3.71. The Bertz CT molecular complexity index is 417. The number of aliphatic hydroxyl groups is 1. The molecule has 3 heteroatoms. The van der Waals surface area contributed by atoms with Crippen molar-refractivity contribution in [2.24, 2.45) is 0 Å². The van der Waals surface area contributed by atoms with Crippen molar-refractivity contribution in [3.05, 3.63) is 29.3 Å². The number of hydrogen-bond donors (Lipinski definition) is 1. The molecule has 1 aliphatic rings. The van der Waals surface area contributed by atoms with Crippen LogP contribution >= 0.6 is 0 Å². The number of β-amino-alcohol motifs (C(OH)–C–C–N with tert-alkyl or cyclic N) is 1. The van der Waals surface area contributed by atoms with Crippen molar-refractivity contribution >= 4 is 0 Å². The van der Waals surface area contributed by atoms with E-state index in [0.29, 0.717) is 5.92 Å². The number of likely N-dealkylation sites (tertiary alicyclic amines) is 1. The predicted molar refractivity (Wildman–Crippen MR) is 77.6 cm³/mol. The monoisotopic (exact) mass is 263 g/mol. The molecule has 1 fully saturated rings. The Balaban J connectivity index is 2.10. The maximum absolute atomic E-state index is 9.72. The van der Waals surface area contributed by atoms with Crippen LogP contribution in [0.5, 0.6) is 5.75 Å². The van der Waals surface area contributed by atoms with Gasteiger partial charge in [0.2, 0.25) is 0 Å². The third-order valence-electron chi connectivity index (χ3n) is 3.80. The molecule has 0 saturated carbocycles. The fourth-order valence-electron chi connectivity index (χ4n) is 2.77. The summed E-state index contributed by atoms with van der Waals surface area (Å²) in [4.78, 5) is 2.33. The Morgan fingerprint density at radius 1 is 1.42 bits per heavy atom. The SMILES string of the molecule is COc1ccc(CN2CCCC(O)C2)cc1C(C)C. The highest BCUT2D eigenvalue weighted by Gasteiger charge is 2.18. The number of benzene rings is 1. The van der Waals surface area contributed by atoms with Gasteiger partial charge in [0, 0.05) is 13.1 Å². The number of aliphatic hydroxyl groups excluding tert-OH is 1. The summed E-state index contributed by atoms with van der Waals surface area (Å²) in [5.74, 6) is 1.43. The van der Waals surface area contributed by atoms with E-state index in [1.807, 2.05) is 0 Å². The zero-order valence-electron chi connectivity index (χ0n) is 12.2. The van der Waals surface area contributed by atoms with Crippen LogP contribution in [0.1, 0.15) is 43.7 Å². The molecule has 1 heterocycles. The highest BCUT2D eigenvalue weighted by atomic mass is 16.5. The topological polar surface area (TPSA) is 32.7 Å². The normalized spacial score (nSPS) is 20.8. The number of methoxy groups -OCH3 is 1. The fourth-order valence-corrected chi connectivity index (χ4v) is 2.77. The van der Waals surface area contributed by atoms with E-state index in [-0.39, 0.29) is 6.10 Å². The molecule has 19 heavy (non-hydrogen) atoms. The van der Waals surface area contributed by atoms with Crippen LogP contribution in [0.25, 0.3) is 0 Å². The lowest BCUT2D eigenvalue weighted by Gasteiger charge is -2.30. The van der Waals surface area contributed by atoms with Gasteiger partial charge in [0.15, 0.2) is 0 Å². The van der Waals surface area contributed by atoms with E-state index in [9.17, 15) is 5.11 Å². The van der Waals surface area contributed by atoms with Gasteiger partial charge in [-0.05, 0) is 42.5 Å². The van der Waals surface area contributed by atoms with Crippen molar-refractivity contribution in [2.45, 2.75) is 45.3 Å². The van der Waals surface area contributed by atoms with Gasteiger partial charge in [-0.15, -0.1) is 0 Å². The summed E-state index contributed by atoms with van der Waals surface area (Å²) < 4.78 is 5.42. The van der Waals surface area contributed by atoms with E-state index in [1.165, 1.54) is 11.1 Å². The second kappa shape index (κ2) is 6.40. The molecule has 1 saturated heterocycles. The lowest BCUT2D eigenvalue weighted by Crippen LogP contribution is -2.37. The quantitative estimate of drug-likeness (QED) is 0.906. The maximum Gasteiger partial charge on any atom is 0.122 e. The van der Waals surface area contributed by atoms with Gasteiger partial charge in [0.25, 0.3) is 0 Å². The minimum Gasteiger partial charge on any atom is -0.496 e. The van der Waals surface area contributed by atoms with Crippen molar-refractivity contribution in [2.75, 3.05) is 20.2 Å². The van der Waals surface area contributed by atoms with E-state index < -0.39 is 0 Å². The molecule has 3 nitrogen and oxygen atoms in total. The van der Waals surface area contributed by atoms with E-state index in [4.69, 9.17) is 4.74 Å². The first-order chi connectivity index (χ1) is 9.10. The third-order valence-corrected chi connectivity index (χ3v) is 3.80. The molecule has 1 aromatic rings. The van der Waals surface area contributed by atoms with E-state index >= 15 is 0 Å². The van der Waals surface area contributed by atoms with Gasteiger partial charge in [-0.1, -0.05) is 26.0 Å².